The number of carbonyl (C=O) groups is 1. The maximum Gasteiger partial charge on any atom is 0.257 e. The number of halogens is 1. The molecule has 3 rings (SSSR count). The van der Waals surface area contributed by atoms with E-state index in [9.17, 15) is 9.18 Å². The minimum absolute atomic E-state index is 0.126. The van der Waals surface area contributed by atoms with Crippen LogP contribution in [0.15, 0.2) is 36.4 Å². The molecule has 1 unspecified atom stereocenters. The molecule has 138 valence electrons. The Morgan fingerprint density at radius 3 is 2.50 bits per heavy atom. The second-order valence-electron chi connectivity index (χ2n) is 6.17. The van der Waals surface area contributed by atoms with Gasteiger partial charge in [0.15, 0.2) is 11.5 Å². The lowest BCUT2D eigenvalue weighted by Crippen LogP contribution is -2.29. The van der Waals surface area contributed by atoms with Gasteiger partial charge in [0.05, 0.1) is 26.9 Å². The molecular formula is C20H22FNO4. The summed E-state index contributed by atoms with van der Waals surface area (Å²) in [5.41, 5.74) is 1.34. The number of hydrogen-bond acceptors (Lipinski definition) is 4. The van der Waals surface area contributed by atoms with Crippen molar-refractivity contribution in [3.63, 3.8) is 0 Å². The van der Waals surface area contributed by atoms with Gasteiger partial charge < -0.3 is 19.1 Å². The third-order valence-electron chi connectivity index (χ3n) is 4.73. The van der Waals surface area contributed by atoms with Crippen molar-refractivity contribution in [2.45, 2.75) is 12.3 Å². The van der Waals surface area contributed by atoms with E-state index in [4.69, 9.17) is 14.2 Å². The molecule has 1 atom stereocenters. The molecule has 0 spiro atoms. The number of ether oxygens (including phenoxy) is 3. The van der Waals surface area contributed by atoms with Crippen molar-refractivity contribution in [2.24, 2.45) is 0 Å². The molecule has 1 saturated heterocycles. The second kappa shape index (κ2) is 7.64. The third kappa shape index (κ3) is 3.31. The Hall–Kier alpha value is -2.76. The molecule has 0 aromatic heterocycles. The standard InChI is InChI=1S/C20H22FNO4/c1-24-17-8-7-16(18(25-2)19(17)26-3)20(23)22-10-9-14(12-22)13-5-4-6-15(21)11-13/h4-8,11,14H,9-10,12H2,1-3H3. The summed E-state index contributed by atoms with van der Waals surface area (Å²) in [6.07, 6.45) is 0.796. The van der Waals surface area contributed by atoms with E-state index in [1.54, 1.807) is 23.1 Å². The number of likely N-dealkylation sites (tertiary alicyclic amines) is 1. The summed E-state index contributed by atoms with van der Waals surface area (Å²) in [6.45, 7) is 1.15. The minimum atomic E-state index is -0.256. The average Bonchev–Trinajstić information content (AvgIpc) is 3.16. The number of methoxy groups -OCH3 is 3. The van der Waals surface area contributed by atoms with Gasteiger partial charge in [-0.1, -0.05) is 12.1 Å². The van der Waals surface area contributed by atoms with Crippen LogP contribution in [0.5, 0.6) is 17.2 Å². The van der Waals surface area contributed by atoms with Crippen molar-refractivity contribution in [3.8, 4) is 17.2 Å². The average molecular weight is 359 g/mol. The quantitative estimate of drug-likeness (QED) is 0.820. The van der Waals surface area contributed by atoms with Gasteiger partial charge in [-0.05, 0) is 36.2 Å². The van der Waals surface area contributed by atoms with Crippen molar-refractivity contribution < 1.29 is 23.4 Å². The highest BCUT2D eigenvalue weighted by Crippen LogP contribution is 2.41. The van der Waals surface area contributed by atoms with E-state index < -0.39 is 0 Å². The van der Waals surface area contributed by atoms with Gasteiger partial charge >= 0.3 is 0 Å². The number of hydrogen-bond donors (Lipinski definition) is 0. The van der Waals surface area contributed by atoms with Crippen molar-refractivity contribution in [2.75, 3.05) is 34.4 Å². The topological polar surface area (TPSA) is 48.0 Å². The highest BCUT2D eigenvalue weighted by Gasteiger charge is 2.31. The fraction of sp³-hybridized carbons (Fsp3) is 0.350. The maximum absolute atomic E-state index is 13.5. The Kier molecular flexibility index (Phi) is 5.30. The summed E-state index contributed by atoms with van der Waals surface area (Å²) >= 11 is 0. The normalized spacial score (nSPS) is 16.5. The molecule has 1 amide bonds. The van der Waals surface area contributed by atoms with Crippen LogP contribution in [0.4, 0.5) is 4.39 Å². The lowest BCUT2D eigenvalue weighted by molar-refractivity contribution is 0.0786. The molecule has 0 N–H and O–H groups in total. The lowest BCUT2D eigenvalue weighted by atomic mass is 9.98. The second-order valence-corrected chi connectivity index (χ2v) is 6.17. The van der Waals surface area contributed by atoms with Gasteiger partial charge in [0, 0.05) is 19.0 Å². The Morgan fingerprint density at radius 2 is 1.85 bits per heavy atom. The van der Waals surface area contributed by atoms with Gasteiger partial charge in [-0.15, -0.1) is 0 Å². The van der Waals surface area contributed by atoms with E-state index in [0.29, 0.717) is 35.9 Å². The van der Waals surface area contributed by atoms with Crippen molar-refractivity contribution in [1.82, 2.24) is 4.90 Å². The maximum atomic E-state index is 13.5. The molecule has 2 aromatic carbocycles. The molecule has 0 radical (unpaired) electrons. The first-order valence-corrected chi connectivity index (χ1v) is 8.42. The van der Waals surface area contributed by atoms with E-state index >= 15 is 0 Å². The van der Waals surface area contributed by atoms with E-state index in [1.165, 1.54) is 33.5 Å². The van der Waals surface area contributed by atoms with Crippen molar-refractivity contribution >= 4 is 5.91 Å². The number of rotatable bonds is 5. The molecule has 2 aromatic rings. The Bertz CT molecular complexity index is 808. The fourth-order valence-electron chi connectivity index (χ4n) is 3.42. The first kappa shape index (κ1) is 18.0. The Morgan fingerprint density at radius 1 is 1.08 bits per heavy atom. The molecule has 5 nitrogen and oxygen atoms in total. The zero-order chi connectivity index (χ0) is 18.7. The van der Waals surface area contributed by atoms with Gasteiger partial charge in [-0.2, -0.15) is 0 Å². The minimum Gasteiger partial charge on any atom is -0.493 e. The summed E-state index contributed by atoms with van der Waals surface area (Å²) in [6, 6.07) is 9.93. The summed E-state index contributed by atoms with van der Waals surface area (Å²) in [5, 5.41) is 0. The largest absolute Gasteiger partial charge is 0.493 e. The van der Waals surface area contributed by atoms with Crippen LogP contribution in [-0.2, 0) is 0 Å². The molecule has 0 bridgehead atoms. The van der Waals surface area contributed by atoms with Crippen LogP contribution < -0.4 is 14.2 Å². The van der Waals surface area contributed by atoms with Crippen LogP contribution in [-0.4, -0.2) is 45.2 Å². The smallest absolute Gasteiger partial charge is 0.257 e. The van der Waals surface area contributed by atoms with Crippen molar-refractivity contribution in [1.29, 1.82) is 0 Å². The molecule has 1 heterocycles. The summed E-state index contributed by atoms with van der Waals surface area (Å²) in [4.78, 5) is 14.8. The number of amides is 1. The highest BCUT2D eigenvalue weighted by atomic mass is 19.1. The number of benzene rings is 2. The van der Waals surface area contributed by atoms with Crippen LogP contribution in [0.2, 0.25) is 0 Å². The van der Waals surface area contributed by atoms with Crippen LogP contribution >= 0.6 is 0 Å². The molecular weight excluding hydrogens is 337 g/mol. The van der Waals surface area contributed by atoms with Crippen LogP contribution in [0.25, 0.3) is 0 Å². The van der Waals surface area contributed by atoms with Crippen LogP contribution in [0.1, 0.15) is 28.3 Å². The molecule has 0 saturated carbocycles. The van der Waals surface area contributed by atoms with Crippen LogP contribution in [0, 0.1) is 5.82 Å². The van der Waals surface area contributed by atoms with Crippen molar-refractivity contribution in [3.05, 3.63) is 53.3 Å². The summed E-state index contributed by atoms with van der Waals surface area (Å²) in [5.74, 6) is 0.976. The Balaban J connectivity index is 1.84. The molecule has 26 heavy (non-hydrogen) atoms. The van der Waals surface area contributed by atoms with E-state index in [0.717, 1.165) is 12.0 Å². The lowest BCUT2D eigenvalue weighted by Gasteiger charge is -2.20. The first-order valence-electron chi connectivity index (χ1n) is 8.42. The van der Waals surface area contributed by atoms with E-state index in [2.05, 4.69) is 0 Å². The summed E-state index contributed by atoms with van der Waals surface area (Å²) < 4.78 is 29.5. The molecule has 1 aliphatic heterocycles. The Labute approximate surface area is 152 Å². The fourth-order valence-corrected chi connectivity index (χ4v) is 3.42. The zero-order valence-electron chi connectivity index (χ0n) is 15.1. The van der Waals surface area contributed by atoms with E-state index in [-0.39, 0.29) is 17.6 Å². The van der Waals surface area contributed by atoms with Gasteiger partial charge in [-0.3, -0.25) is 4.79 Å². The predicted octanol–water partition coefficient (Wildman–Crippen LogP) is 3.48. The monoisotopic (exact) mass is 359 g/mol. The number of nitrogens with zero attached hydrogens (tertiary/aromatic N) is 1. The summed E-state index contributed by atoms with van der Waals surface area (Å²) in [7, 11) is 4.53. The molecule has 0 aliphatic carbocycles. The molecule has 1 aliphatic rings. The predicted molar refractivity (Wildman–Crippen MR) is 95.8 cm³/mol. The zero-order valence-corrected chi connectivity index (χ0v) is 15.1. The highest BCUT2D eigenvalue weighted by molar-refractivity contribution is 5.98. The molecule has 6 heteroatoms. The van der Waals surface area contributed by atoms with Gasteiger partial charge in [0.1, 0.15) is 5.82 Å². The van der Waals surface area contributed by atoms with Crippen LogP contribution in [0.3, 0.4) is 0 Å². The van der Waals surface area contributed by atoms with Gasteiger partial charge in [0.2, 0.25) is 5.75 Å². The third-order valence-corrected chi connectivity index (χ3v) is 4.73. The van der Waals surface area contributed by atoms with Gasteiger partial charge in [0.25, 0.3) is 5.91 Å². The SMILES string of the molecule is COc1ccc(C(=O)N2CCC(c3cccc(F)c3)C2)c(OC)c1OC. The van der Waals surface area contributed by atoms with Gasteiger partial charge in [-0.25, -0.2) is 4.39 Å². The van der Waals surface area contributed by atoms with E-state index in [1.807, 2.05) is 6.07 Å². The molecule has 1 fully saturated rings. The number of carbonyl (C=O) groups excluding carboxylic acids is 1. The first-order chi connectivity index (χ1) is 12.6.